The van der Waals surface area contributed by atoms with Gasteiger partial charge in [-0.15, -0.1) is 0 Å². The number of carbonyl (C=O) groups excluding carboxylic acids is 1. The zero-order valence-corrected chi connectivity index (χ0v) is 13.7. The summed E-state index contributed by atoms with van der Waals surface area (Å²) in [7, 11) is 0. The van der Waals surface area contributed by atoms with Gasteiger partial charge in [-0.3, -0.25) is 9.59 Å². The molecule has 2 atom stereocenters. The van der Waals surface area contributed by atoms with Gasteiger partial charge in [0.15, 0.2) is 11.3 Å². The minimum Gasteiger partial charge on any atom is -0.481 e. The quantitative estimate of drug-likeness (QED) is 0.901. The maximum Gasteiger partial charge on any atom is 0.308 e. The van der Waals surface area contributed by atoms with Crippen LogP contribution in [0.4, 0.5) is 0 Å². The van der Waals surface area contributed by atoms with Gasteiger partial charge >= 0.3 is 5.97 Å². The highest BCUT2D eigenvalue weighted by Gasteiger charge is 2.30. The van der Waals surface area contributed by atoms with E-state index in [0.717, 1.165) is 31.4 Å². The number of hydrogen-bond acceptors (Lipinski definition) is 4. The van der Waals surface area contributed by atoms with E-state index in [0.29, 0.717) is 23.9 Å². The summed E-state index contributed by atoms with van der Waals surface area (Å²) in [4.78, 5) is 28.4. The lowest BCUT2D eigenvalue weighted by Gasteiger charge is -2.26. The Bertz CT molecular complexity index is 753. The van der Waals surface area contributed by atoms with Gasteiger partial charge in [0.2, 0.25) is 0 Å². The molecule has 1 amide bonds. The third-order valence-corrected chi connectivity index (χ3v) is 4.64. The molecule has 128 valence electrons. The molecule has 2 aromatic rings. The molecule has 2 N–H and O–H groups in total. The van der Waals surface area contributed by atoms with Gasteiger partial charge in [0.25, 0.3) is 5.91 Å². The number of pyridine rings is 1. The van der Waals surface area contributed by atoms with E-state index in [4.69, 9.17) is 4.42 Å². The monoisotopic (exact) mass is 330 g/mol. The Morgan fingerprint density at radius 3 is 2.71 bits per heavy atom. The van der Waals surface area contributed by atoms with Gasteiger partial charge in [-0.1, -0.05) is 25.7 Å². The lowest BCUT2D eigenvalue weighted by atomic mass is 9.86. The molecule has 0 spiro atoms. The summed E-state index contributed by atoms with van der Waals surface area (Å²) < 4.78 is 5.56. The molecule has 1 fully saturated rings. The van der Waals surface area contributed by atoms with Crippen LogP contribution in [0.15, 0.2) is 22.6 Å². The summed E-state index contributed by atoms with van der Waals surface area (Å²) in [6, 6.07) is 4.85. The number of fused-ring (bicyclic) bond motifs is 1. The maximum atomic E-state index is 12.5. The molecule has 1 aliphatic rings. The molecule has 6 nitrogen and oxygen atoms in total. The molecule has 2 heterocycles. The lowest BCUT2D eigenvalue weighted by molar-refractivity contribution is -0.143. The van der Waals surface area contributed by atoms with Crippen molar-refractivity contribution in [3.63, 3.8) is 0 Å². The lowest BCUT2D eigenvalue weighted by Crippen LogP contribution is -2.43. The fourth-order valence-electron chi connectivity index (χ4n) is 3.33. The molecule has 0 aliphatic heterocycles. The molecule has 3 rings (SSSR count). The molecule has 0 saturated heterocycles. The SMILES string of the molecule is Cc1ccc2oc(C(=O)NC3CCCCCCC3C(=O)O)cc2n1. The van der Waals surface area contributed by atoms with Crippen LogP contribution in [0.1, 0.15) is 54.8 Å². The van der Waals surface area contributed by atoms with E-state index in [-0.39, 0.29) is 17.7 Å². The topological polar surface area (TPSA) is 92.4 Å². The van der Waals surface area contributed by atoms with Crippen LogP contribution in [-0.2, 0) is 4.79 Å². The molecule has 2 aromatic heterocycles. The fraction of sp³-hybridized carbons (Fsp3) is 0.500. The molecule has 0 bridgehead atoms. The highest BCUT2D eigenvalue weighted by molar-refractivity contribution is 5.95. The predicted molar refractivity (Wildman–Crippen MR) is 88.8 cm³/mol. The van der Waals surface area contributed by atoms with E-state index < -0.39 is 11.9 Å². The molecular formula is C18H22N2O4. The zero-order chi connectivity index (χ0) is 17.1. The second kappa shape index (κ2) is 7.03. The van der Waals surface area contributed by atoms with E-state index in [1.165, 1.54) is 0 Å². The molecule has 0 aromatic carbocycles. The summed E-state index contributed by atoms with van der Waals surface area (Å²) in [5.41, 5.74) is 2.03. The van der Waals surface area contributed by atoms with E-state index in [1.54, 1.807) is 12.1 Å². The number of aliphatic carboxylic acids is 1. The number of nitrogens with one attached hydrogen (secondary N) is 1. The number of carbonyl (C=O) groups is 2. The molecule has 0 radical (unpaired) electrons. The Hall–Kier alpha value is -2.37. The average molecular weight is 330 g/mol. The molecular weight excluding hydrogens is 308 g/mol. The van der Waals surface area contributed by atoms with Gasteiger partial charge < -0.3 is 14.8 Å². The summed E-state index contributed by atoms with van der Waals surface area (Å²) in [6.45, 7) is 1.87. The van der Waals surface area contributed by atoms with Crippen LogP contribution >= 0.6 is 0 Å². The maximum absolute atomic E-state index is 12.5. The summed E-state index contributed by atoms with van der Waals surface area (Å²) in [5, 5.41) is 12.3. The first-order valence-corrected chi connectivity index (χ1v) is 8.45. The minimum absolute atomic E-state index is 0.175. The number of carboxylic acids is 1. The molecule has 1 saturated carbocycles. The highest BCUT2D eigenvalue weighted by Crippen LogP contribution is 2.24. The van der Waals surface area contributed by atoms with Crippen molar-refractivity contribution in [3.05, 3.63) is 29.7 Å². The zero-order valence-electron chi connectivity index (χ0n) is 13.7. The number of aromatic nitrogens is 1. The van der Waals surface area contributed by atoms with Crippen LogP contribution in [0.3, 0.4) is 0 Å². The average Bonchev–Trinajstić information content (AvgIpc) is 2.92. The van der Waals surface area contributed by atoms with Crippen molar-refractivity contribution >= 4 is 23.0 Å². The first-order valence-electron chi connectivity index (χ1n) is 8.45. The van der Waals surface area contributed by atoms with Crippen LogP contribution in [0.5, 0.6) is 0 Å². The second-order valence-electron chi connectivity index (χ2n) is 6.46. The molecule has 1 aliphatic carbocycles. The number of hydrogen-bond donors (Lipinski definition) is 2. The van der Waals surface area contributed by atoms with Crippen molar-refractivity contribution < 1.29 is 19.1 Å². The number of nitrogens with zero attached hydrogens (tertiary/aromatic N) is 1. The third kappa shape index (κ3) is 3.58. The van der Waals surface area contributed by atoms with Crippen LogP contribution in [-0.4, -0.2) is 28.0 Å². The van der Waals surface area contributed by atoms with Gasteiger partial charge in [-0.2, -0.15) is 0 Å². The standard InChI is InChI=1S/C18H22N2O4/c1-11-8-9-15-14(19-11)10-16(24-15)17(21)20-13-7-5-3-2-4-6-12(13)18(22)23/h8-10,12-13H,2-7H2,1H3,(H,20,21)(H,22,23). The van der Waals surface area contributed by atoms with Crippen molar-refractivity contribution in [3.8, 4) is 0 Å². The Labute approximate surface area is 140 Å². The Balaban J connectivity index is 1.78. The van der Waals surface area contributed by atoms with E-state index in [9.17, 15) is 14.7 Å². The molecule has 24 heavy (non-hydrogen) atoms. The van der Waals surface area contributed by atoms with Crippen molar-refractivity contribution in [1.82, 2.24) is 10.3 Å². The van der Waals surface area contributed by atoms with E-state index in [2.05, 4.69) is 10.3 Å². The van der Waals surface area contributed by atoms with Crippen molar-refractivity contribution in [2.75, 3.05) is 0 Å². The fourth-order valence-corrected chi connectivity index (χ4v) is 3.33. The Kier molecular flexibility index (Phi) is 4.83. The number of carboxylic acid groups (broad SMARTS) is 1. The predicted octanol–water partition coefficient (Wildman–Crippen LogP) is 3.29. The van der Waals surface area contributed by atoms with Crippen molar-refractivity contribution in [1.29, 1.82) is 0 Å². The van der Waals surface area contributed by atoms with Crippen molar-refractivity contribution in [2.45, 2.75) is 51.5 Å². The number of aryl methyl sites for hydroxylation is 1. The van der Waals surface area contributed by atoms with Crippen LogP contribution < -0.4 is 5.32 Å². The summed E-state index contributed by atoms with van der Waals surface area (Å²) >= 11 is 0. The van der Waals surface area contributed by atoms with Crippen molar-refractivity contribution in [2.24, 2.45) is 5.92 Å². The molecule has 2 unspecified atom stereocenters. The first-order chi connectivity index (χ1) is 11.5. The first kappa shape index (κ1) is 16.5. The smallest absolute Gasteiger partial charge is 0.308 e. The largest absolute Gasteiger partial charge is 0.481 e. The van der Waals surface area contributed by atoms with Gasteiger partial charge in [-0.05, 0) is 31.9 Å². The van der Waals surface area contributed by atoms with Crippen LogP contribution in [0.25, 0.3) is 11.1 Å². The van der Waals surface area contributed by atoms with E-state index >= 15 is 0 Å². The van der Waals surface area contributed by atoms with Gasteiger partial charge in [0.1, 0.15) is 5.52 Å². The van der Waals surface area contributed by atoms with Crippen LogP contribution in [0, 0.1) is 12.8 Å². The van der Waals surface area contributed by atoms with Gasteiger partial charge in [-0.25, -0.2) is 4.98 Å². The van der Waals surface area contributed by atoms with Crippen LogP contribution in [0.2, 0.25) is 0 Å². The number of rotatable bonds is 3. The minimum atomic E-state index is -0.843. The summed E-state index contributed by atoms with van der Waals surface area (Å²) in [6.07, 6.45) is 5.22. The van der Waals surface area contributed by atoms with Gasteiger partial charge in [0, 0.05) is 17.8 Å². The third-order valence-electron chi connectivity index (χ3n) is 4.64. The number of furan rings is 1. The number of amides is 1. The van der Waals surface area contributed by atoms with Gasteiger partial charge in [0.05, 0.1) is 5.92 Å². The Morgan fingerprint density at radius 1 is 1.21 bits per heavy atom. The molecule has 6 heteroatoms. The highest BCUT2D eigenvalue weighted by atomic mass is 16.4. The Morgan fingerprint density at radius 2 is 1.96 bits per heavy atom. The second-order valence-corrected chi connectivity index (χ2v) is 6.46. The normalized spacial score (nSPS) is 21.9. The summed E-state index contributed by atoms with van der Waals surface area (Å²) in [5.74, 6) is -1.58. The van der Waals surface area contributed by atoms with E-state index in [1.807, 2.05) is 13.0 Å².